The summed E-state index contributed by atoms with van der Waals surface area (Å²) in [5.41, 5.74) is 3.09. The quantitative estimate of drug-likeness (QED) is 0.405. The van der Waals surface area contributed by atoms with Crippen LogP contribution in [0.15, 0.2) is 48.5 Å². The van der Waals surface area contributed by atoms with Gasteiger partial charge in [-0.3, -0.25) is 9.48 Å². The number of ether oxygens (including phenoxy) is 3. The molecule has 0 radical (unpaired) electrons. The second kappa shape index (κ2) is 11.3. The molecule has 8 nitrogen and oxygen atoms in total. The topological polar surface area (TPSA) is 91.7 Å². The molecule has 0 saturated heterocycles. The first kappa shape index (κ1) is 26.8. The van der Waals surface area contributed by atoms with Gasteiger partial charge in [0, 0.05) is 13.6 Å². The van der Waals surface area contributed by atoms with Crippen LogP contribution in [0.4, 0.5) is 0 Å². The van der Waals surface area contributed by atoms with Crippen LogP contribution in [0.25, 0.3) is 11.3 Å². The molecule has 192 valence electrons. The van der Waals surface area contributed by atoms with E-state index in [4.69, 9.17) is 14.2 Å². The summed E-state index contributed by atoms with van der Waals surface area (Å²) in [6.45, 7) is 9.86. The van der Waals surface area contributed by atoms with Crippen molar-refractivity contribution in [2.24, 2.45) is 7.05 Å². The number of amides is 1. The first-order valence-electron chi connectivity index (χ1n) is 12.0. The van der Waals surface area contributed by atoms with Crippen LogP contribution >= 0.6 is 0 Å². The summed E-state index contributed by atoms with van der Waals surface area (Å²) in [6, 6.07) is 15.4. The Morgan fingerprint density at radius 1 is 1.06 bits per heavy atom. The van der Waals surface area contributed by atoms with Gasteiger partial charge in [-0.25, -0.2) is 4.79 Å². The molecular formula is C28H35N3O5. The molecule has 0 fully saturated rings. The maximum absolute atomic E-state index is 12.8. The zero-order chi connectivity index (χ0) is 26.5. The minimum Gasteiger partial charge on any atom is -0.493 e. The van der Waals surface area contributed by atoms with Crippen molar-refractivity contribution in [2.45, 2.75) is 52.7 Å². The van der Waals surface area contributed by atoms with Gasteiger partial charge in [0.1, 0.15) is 0 Å². The van der Waals surface area contributed by atoms with Crippen LogP contribution in [-0.4, -0.2) is 41.0 Å². The second-order valence-electron chi connectivity index (χ2n) is 9.32. The Labute approximate surface area is 212 Å². The van der Waals surface area contributed by atoms with Gasteiger partial charge in [-0.15, -0.1) is 0 Å². The van der Waals surface area contributed by atoms with Gasteiger partial charge >= 0.3 is 5.97 Å². The highest BCUT2D eigenvalue weighted by Gasteiger charge is 2.32. The van der Waals surface area contributed by atoms with Gasteiger partial charge in [0.15, 0.2) is 22.8 Å². The molecule has 0 saturated carbocycles. The maximum atomic E-state index is 12.8. The minimum atomic E-state index is -1.18. The molecule has 0 aliphatic carbocycles. The van der Waals surface area contributed by atoms with Gasteiger partial charge in [-0.2, -0.15) is 5.10 Å². The number of esters is 1. The third-order valence-electron chi connectivity index (χ3n) is 5.80. The summed E-state index contributed by atoms with van der Waals surface area (Å²) in [7, 11) is 3.34. The lowest BCUT2D eigenvalue weighted by atomic mass is 10.0. The van der Waals surface area contributed by atoms with Gasteiger partial charge in [-0.05, 0) is 61.6 Å². The first-order chi connectivity index (χ1) is 17.1. The van der Waals surface area contributed by atoms with E-state index in [0.29, 0.717) is 23.1 Å². The highest BCUT2D eigenvalue weighted by Crippen LogP contribution is 2.32. The zero-order valence-corrected chi connectivity index (χ0v) is 22.0. The molecule has 0 aliphatic heterocycles. The van der Waals surface area contributed by atoms with E-state index in [0.717, 1.165) is 16.8 Å². The predicted molar refractivity (Wildman–Crippen MR) is 138 cm³/mol. The molecule has 36 heavy (non-hydrogen) atoms. The van der Waals surface area contributed by atoms with Gasteiger partial charge in [-0.1, -0.05) is 44.2 Å². The van der Waals surface area contributed by atoms with Crippen molar-refractivity contribution >= 4 is 11.9 Å². The fourth-order valence-electron chi connectivity index (χ4n) is 3.69. The van der Waals surface area contributed by atoms with E-state index < -0.39 is 11.6 Å². The molecule has 3 rings (SSSR count). The molecule has 0 atom stereocenters. The molecule has 1 N–H and O–H groups in total. The van der Waals surface area contributed by atoms with Gasteiger partial charge in [0.05, 0.1) is 19.4 Å². The molecule has 8 heteroatoms. The average Bonchev–Trinajstić information content (AvgIpc) is 3.24. The third kappa shape index (κ3) is 6.24. The molecule has 0 aliphatic rings. The highest BCUT2D eigenvalue weighted by molar-refractivity contribution is 5.93. The molecule has 1 aromatic heterocycles. The van der Waals surface area contributed by atoms with E-state index in [9.17, 15) is 9.59 Å². The smallest absolute Gasteiger partial charge is 0.349 e. The molecule has 1 amide bonds. The number of rotatable bonds is 10. The lowest BCUT2D eigenvalue weighted by Crippen LogP contribution is -2.39. The van der Waals surface area contributed by atoms with Crippen molar-refractivity contribution in [3.8, 4) is 22.8 Å². The standard InChI is InChI=1S/C28H35N3O5/c1-8-35-27(33)28(4,5)36-24-14-9-19(15-25(24)34-7)17-29-26(32)22-16-23(31(6)30-22)21-12-10-20(11-13-21)18(2)3/h9-16,18H,8,17H2,1-7H3,(H,29,32). The number of aryl methyl sites for hydroxylation is 1. The lowest BCUT2D eigenvalue weighted by molar-refractivity contribution is -0.158. The number of carbonyl (C=O) groups excluding carboxylic acids is 2. The van der Waals surface area contributed by atoms with Crippen LogP contribution < -0.4 is 14.8 Å². The highest BCUT2D eigenvalue weighted by atomic mass is 16.6. The monoisotopic (exact) mass is 493 g/mol. The predicted octanol–water partition coefficient (Wildman–Crippen LogP) is 4.87. The summed E-state index contributed by atoms with van der Waals surface area (Å²) < 4.78 is 18.1. The van der Waals surface area contributed by atoms with E-state index in [2.05, 4.69) is 36.4 Å². The second-order valence-corrected chi connectivity index (χ2v) is 9.32. The summed E-state index contributed by atoms with van der Waals surface area (Å²) in [5, 5.41) is 7.29. The van der Waals surface area contributed by atoms with E-state index in [1.807, 2.05) is 19.2 Å². The van der Waals surface area contributed by atoms with Crippen molar-refractivity contribution in [1.29, 1.82) is 0 Å². The molecule has 0 spiro atoms. The summed E-state index contributed by atoms with van der Waals surface area (Å²) >= 11 is 0. The molecule has 3 aromatic rings. The minimum absolute atomic E-state index is 0.267. The maximum Gasteiger partial charge on any atom is 0.349 e. The molecule has 0 bridgehead atoms. The third-order valence-corrected chi connectivity index (χ3v) is 5.80. The van der Waals surface area contributed by atoms with Crippen LogP contribution in [0.1, 0.15) is 62.2 Å². The van der Waals surface area contributed by atoms with Crippen LogP contribution in [-0.2, 0) is 23.1 Å². The van der Waals surface area contributed by atoms with Crippen molar-refractivity contribution in [3.05, 3.63) is 65.4 Å². The SMILES string of the molecule is CCOC(=O)C(C)(C)Oc1ccc(CNC(=O)c2cc(-c3ccc(C(C)C)cc3)n(C)n2)cc1OC. The van der Waals surface area contributed by atoms with Crippen LogP contribution in [0.2, 0.25) is 0 Å². The Morgan fingerprint density at radius 3 is 2.36 bits per heavy atom. The summed E-state index contributed by atoms with van der Waals surface area (Å²) in [6.07, 6.45) is 0. The zero-order valence-electron chi connectivity index (χ0n) is 22.0. The van der Waals surface area contributed by atoms with Gasteiger partial charge < -0.3 is 19.5 Å². The summed E-state index contributed by atoms with van der Waals surface area (Å²) in [5.74, 6) is 0.565. The van der Waals surface area contributed by atoms with Crippen LogP contribution in [0.5, 0.6) is 11.5 Å². The Kier molecular flexibility index (Phi) is 8.40. The van der Waals surface area contributed by atoms with E-state index >= 15 is 0 Å². The number of aromatic nitrogens is 2. The number of hydrogen-bond donors (Lipinski definition) is 1. The van der Waals surface area contributed by atoms with E-state index in [1.165, 1.54) is 12.7 Å². The van der Waals surface area contributed by atoms with Gasteiger partial charge in [0.25, 0.3) is 5.91 Å². The Hall–Kier alpha value is -3.81. The Bertz CT molecular complexity index is 1210. The number of nitrogens with one attached hydrogen (secondary N) is 1. The van der Waals surface area contributed by atoms with E-state index in [1.54, 1.807) is 49.7 Å². The lowest BCUT2D eigenvalue weighted by Gasteiger charge is -2.25. The largest absolute Gasteiger partial charge is 0.493 e. The van der Waals surface area contributed by atoms with Crippen molar-refractivity contribution in [3.63, 3.8) is 0 Å². The fraction of sp³-hybridized carbons (Fsp3) is 0.393. The average molecular weight is 494 g/mol. The number of carbonyl (C=O) groups is 2. The molecule has 0 unspecified atom stereocenters. The molecule has 2 aromatic carbocycles. The molecule has 1 heterocycles. The summed E-state index contributed by atoms with van der Waals surface area (Å²) in [4.78, 5) is 25.0. The van der Waals surface area contributed by atoms with Crippen molar-refractivity contribution in [2.75, 3.05) is 13.7 Å². The normalized spacial score (nSPS) is 11.3. The van der Waals surface area contributed by atoms with E-state index in [-0.39, 0.29) is 19.1 Å². The number of methoxy groups -OCH3 is 1. The Morgan fingerprint density at radius 2 is 1.75 bits per heavy atom. The van der Waals surface area contributed by atoms with Crippen molar-refractivity contribution in [1.82, 2.24) is 15.1 Å². The molecular weight excluding hydrogens is 458 g/mol. The Balaban J connectivity index is 1.68. The van der Waals surface area contributed by atoms with Crippen LogP contribution in [0, 0.1) is 0 Å². The van der Waals surface area contributed by atoms with Gasteiger partial charge in [0.2, 0.25) is 0 Å². The van der Waals surface area contributed by atoms with Crippen LogP contribution in [0.3, 0.4) is 0 Å². The van der Waals surface area contributed by atoms with Crippen molar-refractivity contribution < 1.29 is 23.8 Å². The number of benzene rings is 2. The number of hydrogen-bond acceptors (Lipinski definition) is 6. The fourth-order valence-corrected chi connectivity index (χ4v) is 3.69. The number of nitrogens with zero attached hydrogens (tertiary/aromatic N) is 2. The first-order valence-corrected chi connectivity index (χ1v) is 12.0.